The first kappa shape index (κ1) is 16.0. The van der Waals surface area contributed by atoms with Gasteiger partial charge in [-0.25, -0.2) is 0 Å². The van der Waals surface area contributed by atoms with Crippen LogP contribution in [-0.4, -0.2) is 66.2 Å². The molecule has 6 nitrogen and oxygen atoms in total. The molecule has 1 aliphatic rings. The lowest BCUT2D eigenvalue weighted by atomic mass is 10.1. The van der Waals surface area contributed by atoms with E-state index in [0.29, 0.717) is 12.1 Å². The summed E-state index contributed by atoms with van der Waals surface area (Å²) in [6.07, 6.45) is 0.327. The fourth-order valence-electron chi connectivity index (χ4n) is 2.36. The molecule has 1 saturated heterocycles. The Morgan fingerprint density at radius 1 is 1.19 bits per heavy atom. The highest BCUT2D eigenvalue weighted by molar-refractivity contribution is 5.41. The number of hydrogen-bond donors (Lipinski definition) is 4. The standard InChI is InChI=1S/C15H24N2O4/c18-13-3-2-12(10-14(13)19)15(20)11-16-4-1-5-17-6-8-21-9-7-17/h2-3,10,15-16,18-20H,1,4-9,11H2/t15-/m0/s1. The van der Waals surface area contributed by atoms with Crippen molar-refractivity contribution in [2.24, 2.45) is 0 Å². The van der Waals surface area contributed by atoms with E-state index in [1.807, 2.05) is 0 Å². The minimum Gasteiger partial charge on any atom is -0.504 e. The van der Waals surface area contributed by atoms with Gasteiger partial charge in [-0.1, -0.05) is 6.07 Å². The van der Waals surface area contributed by atoms with Gasteiger partial charge in [-0.3, -0.25) is 4.90 Å². The van der Waals surface area contributed by atoms with Crippen LogP contribution in [0.1, 0.15) is 18.1 Å². The number of aliphatic hydroxyl groups excluding tert-OH is 1. The molecule has 0 spiro atoms. The molecule has 21 heavy (non-hydrogen) atoms. The summed E-state index contributed by atoms with van der Waals surface area (Å²) < 4.78 is 5.30. The summed E-state index contributed by atoms with van der Waals surface area (Å²) >= 11 is 0. The number of phenols is 2. The summed E-state index contributed by atoms with van der Waals surface area (Å²) in [5.41, 5.74) is 0.589. The molecule has 0 aliphatic carbocycles. The fraction of sp³-hybridized carbons (Fsp3) is 0.600. The third kappa shape index (κ3) is 5.17. The molecule has 1 atom stereocenters. The molecule has 0 unspecified atom stereocenters. The number of phenolic OH excluding ortho intramolecular Hbond substituents is 2. The van der Waals surface area contributed by atoms with Gasteiger partial charge >= 0.3 is 0 Å². The van der Waals surface area contributed by atoms with Crippen molar-refractivity contribution in [3.63, 3.8) is 0 Å². The summed E-state index contributed by atoms with van der Waals surface area (Å²) in [5, 5.41) is 31.8. The van der Waals surface area contributed by atoms with Gasteiger partial charge in [-0.15, -0.1) is 0 Å². The zero-order valence-electron chi connectivity index (χ0n) is 12.2. The molecule has 2 rings (SSSR count). The van der Waals surface area contributed by atoms with Crippen LogP contribution in [0.4, 0.5) is 0 Å². The summed E-state index contributed by atoms with van der Waals surface area (Å²) in [6.45, 7) is 5.91. The third-order valence-corrected chi connectivity index (χ3v) is 3.65. The van der Waals surface area contributed by atoms with Crippen molar-refractivity contribution >= 4 is 0 Å². The Labute approximate surface area is 125 Å². The fourth-order valence-corrected chi connectivity index (χ4v) is 2.36. The number of aromatic hydroxyl groups is 2. The molecule has 1 aromatic rings. The lowest BCUT2D eigenvalue weighted by Crippen LogP contribution is -2.37. The molecule has 1 aliphatic heterocycles. The van der Waals surface area contributed by atoms with E-state index < -0.39 is 6.10 Å². The second kappa shape index (κ2) is 8.19. The van der Waals surface area contributed by atoms with Crippen LogP contribution in [0.3, 0.4) is 0 Å². The van der Waals surface area contributed by atoms with E-state index in [2.05, 4.69) is 10.2 Å². The minimum absolute atomic E-state index is 0.176. The van der Waals surface area contributed by atoms with Crippen molar-refractivity contribution in [3.05, 3.63) is 23.8 Å². The molecule has 0 aromatic heterocycles. The molecule has 1 fully saturated rings. The van der Waals surface area contributed by atoms with Crippen molar-refractivity contribution in [2.45, 2.75) is 12.5 Å². The normalized spacial score (nSPS) is 17.8. The molecule has 1 aromatic carbocycles. The van der Waals surface area contributed by atoms with Crippen LogP contribution in [-0.2, 0) is 4.74 Å². The number of benzene rings is 1. The molecule has 118 valence electrons. The summed E-state index contributed by atoms with van der Waals surface area (Å²) in [4.78, 5) is 2.37. The van der Waals surface area contributed by atoms with E-state index in [0.717, 1.165) is 45.8 Å². The largest absolute Gasteiger partial charge is 0.504 e. The monoisotopic (exact) mass is 296 g/mol. The van der Waals surface area contributed by atoms with E-state index in [9.17, 15) is 15.3 Å². The van der Waals surface area contributed by atoms with Crippen molar-refractivity contribution in [2.75, 3.05) is 45.9 Å². The van der Waals surface area contributed by atoms with E-state index in [-0.39, 0.29) is 11.5 Å². The Hall–Kier alpha value is -1.34. The second-order valence-corrected chi connectivity index (χ2v) is 5.28. The molecule has 1 heterocycles. The van der Waals surface area contributed by atoms with Gasteiger partial charge in [0, 0.05) is 19.6 Å². The Morgan fingerprint density at radius 3 is 2.67 bits per heavy atom. The minimum atomic E-state index is -0.695. The average Bonchev–Trinajstić information content (AvgIpc) is 2.50. The number of nitrogens with one attached hydrogen (secondary N) is 1. The Kier molecular flexibility index (Phi) is 6.25. The molecule has 6 heteroatoms. The Balaban J connectivity index is 1.62. The van der Waals surface area contributed by atoms with Gasteiger partial charge in [0.1, 0.15) is 0 Å². The second-order valence-electron chi connectivity index (χ2n) is 5.28. The topological polar surface area (TPSA) is 85.2 Å². The van der Waals surface area contributed by atoms with Gasteiger partial charge in [0.2, 0.25) is 0 Å². The number of aliphatic hydroxyl groups is 1. The first-order chi connectivity index (χ1) is 10.2. The summed E-state index contributed by atoms with van der Waals surface area (Å²) in [5.74, 6) is -0.386. The van der Waals surface area contributed by atoms with Crippen LogP contribution in [0.25, 0.3) is 0 Å². The molecule has 4 N–H and O–H groups in total. The van der Waals surface area contributed by atoms with Gasteiger partial charge in [0.25, 0.3) is 0 Å². The predicted molar refractivity (Wildman–Crippen MR) is 79.5 cm³/mol. The molecular weight excluding hydrogens is 272 g/mol. The van der Waals surface area contributed by atoms with Crippen molar-refractivity contribution in [1.82, 2.24) is 10.2 Å². The first-order valence-corrected chi connectivity index (χ1v) is 7.37. The molecule has 0 bridgehead atoms. The zero-order chi connectivity index (χ0) is 15.1. The van der Waals surface area contributed by atoms with Crippen LogP contribution >= 0.6 is 0 Å². The van der Waals surface area contributed by atoms with E-state index in [1.165, 1.54) is 12.1 Å². The Morgan fingerprint density at radius 2 is 1.95 bits per heavy atom. The van der Waals surface area contributed by atoms with E-state index in [4.69, 9.17) is 4.74 Å². The zero-order valence-corrected chi connectivity index (χ0v) is 12.2. The van der Waals surface area contributed by atoms with Crippen LogP contribution in [0.15, 0.2) is 18.2 Å². The third-order valence-electron chi connectivity index (χ3n) is 3.65. The SMILES string of the molecule is Oc1ccc([C@@H](O)CNCCCN2CCOCC2)cc1O. The lowest BCUT2D eigenvalue weighted by molar-refractivity contribution is 0.0373. The molecular formula is C15H24N2O4. The van der Waals surface area contributed by atoms with Crippen LogP contribution in [0, 0.1) is 0 Å². The Bertz CT molecular complexity index is 436. The van der Waals surface area contributed by atoms with Gasteiger partial charge in [-0.05, 0) is 37.2 Å². The van der Waals surface area contributed by atoms with Crippen molar-refractivity contribution < 1.29 is 20.1 Å². The maximum absolute atomic E-state index is 10.0. The maximum atomic E-state index is 10.0. The van der Waals surface area contributed by atoms with Gasteiger partial charge in [0.15, 0.2) is 11.5 Å². The number of rotatable bonds is 7. The summed E-state index contributed by atoms with van der Waals surface area (Å²) in [7, 11) is 0. The van der Waals surface area contributed by atoms with Crippen molar-refractivity contribution in [3.8, 4) is 11.5 Å². The van der Waals surface area contributed by atoms with E-state index in [1.54, 1.807) is 6.07 Å². The highest BCUT2D eigenvalue weighted by atomic mass is 16.5. The van der Waals surface area contributed by atoms with Gasteiger partial charge < -0.3 is 25.4 Å². The number of nitrogens with zero attached hydrogens (tertiary/aromatic N) is 1. The quantitative estimate of drug-likeness (QED) is 0.432. The van der Waals surface area contributed by atoms with Crippen LogP contribution in [0.5, 0.6) is 11.5 Å². The van der Waals surface area contributed by atoms with Gasteiger partial charge in [0.05, 0.1) is 19.3 Å². The van der Waals surface area contributed by atoms with Crippen LogP contribution < -0.4 is 5.32 Å². The molecule has 0 saturated carbocycles. The predicted octanol–water partition coefficient (Wildman–Crippen LogP) is 0.443. The smallest absolute Gasteiger partial charge is 0.157 e. The van der Waals surface area contributed by atoms with E-state index >= 15 is 0 Å². The highest BCUT2D eigenvalue weighted by Gasteiger charge is 2.11. The molecule has 0 radical (unpaired) electrons. The molecule has 0 amide bonds. The average molecular weight is 296 g/mol. The van der Waals surface area contributed by atoms with Crippen molar-refractivity contribution in [1.29, 1.82) is 0 Å². The number of morpholine rings is 1. The first-order valence-electron chi connectivity index (χ1n) is 7.37. The maximum Gasteiger partial charge on any atom is 0.157 e. The van der Waals surface area contributed by atoms with Crippen LogP contribution in [0.2, 0.25) is 0 Å². The lowest BCUT2D eigenvalue weighted by Gasteiger charge is -2.26. The number of ether oxygens (including phenoxy) is 1. The van der Waals surface area contributed by atoms with Gasteiger partial charge in [-0.2, -0.15) is 0 Å². The highest BCUT2D eigenvalue weighted by Crippen LogP contribution is 2.27. The number of hydrogen-bond acceptors (Lipinski definition) is 6. The summed E-state index contributed by atoms with van der Waals surface area (Å²) in [6, 6.07) is 4.37.